The van der Waals surface area contributed by atoms with Gasteiger partial charge in [0.2, 0.25) is 0 Å². The Morgan fingerprint density at radius 3 is 2.50 bits per heavy atom. The van der Waals surface area contributed by atoms with Crippen molar-refractivity contribution in [1.29, 1.82) is 0 Å². The Morgan fingerprint density at radius 2 is 1.70 bits per heavy atom. The summed E-state index contributed by atoms with van der Waals surface area (Å²) in [7, 11) is 0. The minimum atomic E-state index is -0.0212. The van der Waals surface area contributed by atoms with Gasteiger partial charge in [-0.25, -0.2) is 0 Å². The number of hydrogen-bond acceptors (Lipinski definition) is 3. The molecule has 3 nitrogen and oxygen atoms in total. The lowest BCUT2D eigenvalue weighted by atomic mass is 10.0. The van der Waals surface area contributed by atoms with Gasteiger partial charge in [0.05, 0.1) is 16.9 Å². The van der Waals surface area contributed by atoms with E-state index in [1.54, 1.807) is 6.21 Å². The largest absolute Gasteiger partial charge is 0.357 e. The number of allylic oxidation sites excluding steroid dienone is 2. The van der Waals surface area contributed by atoms with Gasteiger partial charge in [0.15, 0.2) is 5.78 Å². The molecule has 0 radical (unpaired) electrons. The van der Waals surface area contributed by atoms with E-state index in [-0.39, 0.29) is 5.78 Å². The lowest BCUT2D eigenvalue weighted by Gasteiger charge is -2.09. The highest BCUT2D eigenvalue weighted by molar-refractivity contribution is 6.22. The standard InChI is InChI=1S/C17H14N2O/c1-12-14(17(20)13-7-3-2-4-8-13)11-18-15-9-5-6-10-16(15)19-12/h2-11,19H,1H3. The number of ketones is 1. The fourth-order valence-corrected chi connectivity index (χ4v) is 2.17. The van der Waals surface area contributed by atoms with Crippen molar-refractivity contribution in [3.05, 3.63) is 71.4 Å². The predicted molar refractivity (Wildman–Crippen MR) is 81.7 cm³/mol. The molecule has 0 saturated heterocycles. The van der Waals surface area contributed by atoms with Crippen LogP contribution in [0, 0.1) is 0 Å². The first kappa shape index (κ1) is 12.4. The summed E-state index contributed by atoms with van der Waals surface area (Å²) in [5.41, 5.74) is 3.82. The first-order valence-corrected chi connectivity index (χ1v) is 6.46. The van der Waals surface area contributed by atoms with Gasteiger partial charge in [-0.05, 0) is 19.1 Å². The van der Waals surface area contributed by atoms with Crippen molar-refractivity contribution in [2.45, 2.75) is 6.92 Å². The first-order chi connectivity index (χ1) is 9.75. The number of fused-ring (bicyclic) bond motifs is 1. The van der Waals surface area contributed by atoms with Crippen molar-refractivity contribution in [2.75, 3.05) is 5.32 Å². The van der Waals surface area contributed by atoms with Gasteiger partial charge in [0.1, 0.15) is 0 Å². The Hall–Kier alpha value is -2.68. The number of anilines is 1. The zero-order valence-electron chi connectivity index (χ0n) is 11.1. The van der Waals surface area contributed by atoms with Crippen LogP contribution in [-0.2, 0) is 0 Å². The number of hydrogen-bond donors (Lipinski definition) is 1. The van der Waals surface area contributed by atoms with E-state index in [1.165, 1.54) is 0 Å². The van der Waals surface area contributed by atoms with E-state index >= 15 is 0 Å². The van der Waals surface area contributed by atoms with Crippen LogP contribution in [0.25, 0.3) is 0 Å². The Labute approximate surface area is 117 Å². The van der Waals surface area contributed by atoms with Crippen LogP contribution >= 0.6 is 0 Å². The smallest absolute Gasteiger partial charge is 0.196 e. The molecular weight excluding hydrogens is 248 g/mol. The molecule has 20 heavy (non-hydrogen) atoms. The number of benzene rings is 2. The van der Waals surface area contributed by atoms with Crippen LogP contribution in [0.4, 0.5) is 11.4 Å². The third-order valence-corrected chi connectivity index (χ3v) is 3.24. The van der Waals surface area contributed by atoms with E-state index in [1.807, 2.05) is 61.5 Å². The minimum Gasteiger partial charge on any atom is -0.357 e. The monoisotopic (exact) mass is 262 g/mol. The highest BCUT2D eigenvalue weighted by atomic mass is 16.1. The summed E-state index contributed by atoms with van der Waals surface area (Å²) < 4.78 is 0. The first-order valence-electron chi connectivity index (χ1n) is 6.46. The summed E-state index contributed by atoms with van der Waals surface area (Å²) in [6.07, 6.45) is 1.64. The van der Waals surface area contributed by atoms with E-state index in [0.29, 0.717) is 11.1 Å². The van der Waals surface area contributed by atoms with Crippen molar-refractivity contribution in [3.63, 3.8) is 0 Å². The molecule has 1 N–H and O–H groups in total. The van der Waals surface area contributed by atoms with Gasteiger partial charge in [0, 0.05) is 17.5 Å². The fourth-order valence-electron chi connectivity index (χ4n) is 2.17. The molecule has 0 unspecified atom stereocenters. The van der Waals surface area contributed by atoms with Crippen molar-refractivity contribution >= 4 is 23.4 Å². The number of rotatable bonds is 2. The van der Waals surface area contributed by atoms with Gasteiger partial charge in [-0.15, -0.1) is 0 Å². The molecule has 98 valence electrons. The Morgan fingerprint density at radius 1 is 1.00 bits per heavy atom. The number of Topliss-reactive ketones (excluding diaryl/α,β-unsaturated/α-hetero) is 1. The number of aliphatic imine (C=N–C) groups is 1. The van der Waals surface area contributed by atoms with Crippen LogP contribution in [0.3, 0.4) is 0 Å². The zero-order chi connectivity index (χ0) is 13.9. The molecule has 0 aromatic heterocycles. The molecule has 0 spiro atoms. The number of carbonyl (C=O) groups excluding carboxylic acids is 1. The van der Waals surface area contributed by atoms with E-state index < -0.39 is 0 Å². The summed E-state index contributed by atoms with van der Waals surface area (Å²) in [6, 6.07) is 17.0. The van der Waals surface area contributed by atoms with Gasteiger partial charge >= 0.3 is 0 Å². The quantitative estimate of drug-likeness (QED) is 0.832. The summed E-state index contributed by atoms with van der Waals surface area (Å²) in [5, 5.41) is 3.26. The van der Waals surface area contributed by atoms with Gasteiger partial charge in [-0.2, -0.15) is 0 Å². The minimum absolute atomic E-state index is 0.0212. The molecule has 2 aromatic rings. The Balaban J connectivity index is 2.01. The molecule has 1 heterocycles. The van der Waals surface area contributed by atoms with E-state index in [4.69, 9.17) is 0 Å². The highest BCUT2D eigenvalue weighted by Crippen LogP contribution is 2.28. The van der Waals surface area contributed by atoms with Crippen molar-refractivity contribution in [1.82, 2.24) is 0 Å². The van der Waals surface area contributed by atoms with Crippen LogP contribution in [-0.4, -0.2) is 12.0 Å². The molecule has 1 aliphatic heterocycles. The average molecular weight is 262 g/mol. The predicted octanol–water partition coefficient (Wildman–Crippen LogP) is 3.97. The maximum atomic E-state index is 12.5. The average Bonchev–Trinajstić information content (AvgIpc) is 2.66. The van der Waals surface area contributed by atoms with Crippen molar-refractivity contribution in [2.24, 2.45) is 4.99 Å². The Bertz CT molecular complexity index is 715. The number of carbonyl (C=O) groups is 1. The molecular formula is C17H14N2O. The lowest BCUT2D eigenvalue weighted by Crippen LogP contribution is -2.09. The van der Waals surface area contributed by atoms with Gasteiger partial charge in [0.25, 0.3) is 0 Å². The topological polar surface area (TPSA) is 41.5 Å². The van der Waals surface area contributed by atoms with Crippen molar-refractivity contribution < 1.29 is 4.79 Å². The lowest BCUT2D eigenvalue weighted by molar-refractivity contribution is 0.104. The molecule has 0 atom stereocenters. The second-order valence-corrected chi connectivity index (χ2v) is 4.63. The van der Waals surface area contributed by atoms with E-state index in [2.05, 4.69) is 10.3 Å². The highest BCUT2D eigenvalue weighted by Gasteiger charge is 2.16. The summed E-state index contributed by atoms with van der Waals surface area (Å²) in [6.45, 7) is 1.89. The van der Waals surface area contributed by atoms with Gasteiger partial charge < -0.3 is 5.32 Å². The SMILES string of the molecule is CC1=C(C(=O)c2ccccc2)C=Nc2ccccc2N1. The molecule has 1 aliphatic rings. The molecule has 0 fully saturated rings. The van der Waals surface area contributed by atoms with Gasteiger partial charge in [-0.1, -0.05) is 42.5 Å². The third-order valence-electron chi connectivity index (χ3n) is 3.24. The summed E-state index contributed by atoms with van der Waals surface area (Å²) >= 11 is 0. The molecule has 0 saturated carbocycles. The molecule has 3 rings (SSSR count). The van der Waals surface area contributed by atoms with E-state index in [9.17, 15) is 4.79 Å². The number of nitrogens with zero attached hydrogens (tertiary/aromatic N) is 1. The van der Waals surface area contributed by atoms with Crippen LogP contribution in [0.15, 0.2) is 70.9 Å². The maximum absolute atomic E-state index is 12.5. The van der Waals surface area contributed by atoms with Crippen LogP contribution in [0.2, 0.25) is 0 Å². The molecule has 3 heteroatoms. The Kier molecular flexibility index (Phi) is 3.17. The number of nitrogens with one attached hydrogen (secondary N) is 1. The molecule has 2 aromatic carbocycles. The molecule has 0 amide bonds. The second-order valence-electron chi connectivity index (χ2n) is 4.63. The van der Waals surface area contributed by atoms with Gasteiger partial charge in [-0.3, -0.25) is 9.79 Å². The number of para-hydroxylation sites is 2. The third kappa shape index (κ3) is 2.26. The molecule has 0 aliphatic carbocycles. The summed E-state index contributed by atoms with van der Waals surface area (Å²) in [4.78, 5) is 16.9. The maximum Gasteiger partial charge on any atom is 0.196 e. The van der Waals surface area contributed by atoms with Crippen molar-refractivity contribution in [3.8, 4) is 0 Å². The fraction of sp³-hybridized carbons (Fsp3) is 0.0588. The summed E-state index contributed by atoms with van der Waals surface area (Å²) in [5.74, 6) is -0.0212. The van der Waals surface area contributed by atoms with E-state index in [0.717, 1.165) is 17.1 Å². The zero-order valence-corrected chi connectivity index (χ0v) is 11.1. The van der Waals surface area contributed by atoms with Crippen LogP contribution in [0.5, 0.6) is 0 Å². The second kappa shape index (κ2) is 5.13. The van der Waals surface area contributed by atoms with Crippen LogP contribution < -0.4 is 5.32 Å². The normalized spacial score (nSPS) is 13.4. The molecule has 0 bridgehead atoms. The van der Waals surface area contributed by atoms with Crippen LogP contribution in [0.1, 0.15) is 17.3 Å².